The van der Waals surface area contributed by atoms with Crippen LogP contribution in [0.3, 0.4) is 0 Å². The van der Waals surface area contributed by atoms with E-state index in [0.29, 0.717) is 80.7 Å². The summed E-state index contributed by atoms with van der Waals surface area (Å²) in [7, 11) is -3.74. The summed E-state index contributed by atoms with van der Waals surface area (Å²) in [6, 6.07) is 13.1. The van der Waals surface area contributed by atoms with Crippen LogP contribution in [0.15, 0.2) is 68.7 Å². The Morgan fingerprint density at radius 1 is 0.794 bits per heavy atom. The van der Waals surface area contributed by atoms with Gasteiger partial charge < -0.3 is 29.8 Å². The highest BCUT2D eigenvalue weighted by Crippen LogP contribution is 2.47. The number of rotatable bonds is 31. The lowest BCUT2D eigenvalue weighted by atomic mass is 10.2. The van der Waals surface area contributed by atoms with E-state index in [2.05, 4.69) is 57.8 Å². The van der Waals surface area contributed by atoms with Gasteiger partial charge in [0.1, 0.15) is 19.6 Å². The average molecular weight is 1060 g/mol. The SMILES string of the molecule is CO/N=C/CCOP(=O)(NCCN)N(CCCl)CCCl.CO/N=C/CCOP(=O)(NCCNC(=O)c1ccc(N=C=S)cc1)N(CCCl)CCCl.N#CSc1ccc(C(=O)Cl)cc1. The van der Waals surface area contributed by atoms with Crippen molar-refractivity contribution in [1.82, 2.24) is 24.8 Å². The van der Waals surface area contributed by atoms with Gasteiger partial charge in [-0.15, -0.1) is 46.4 Å². The number of hydrogen-bond acceptors (Lipinski definition) is 15. The zero-order chi connectivity index (χ0) is 47.2. The van der Waals surface area contributed by atoms with Gasteiger partial charge in [-0.2, -0.15) is 10.3 Å². The number of aliphatic imine (C=N–C) groups is 1. The monoisotopic (exact) mass is 1050 g/mol. The fraction of sp³-hybridized carbons (Fsp3) is 0.500. The van der Waals surface area contributed by atoms with E-state index in [1.807, 2.05) is 5.40 Å². The molecule has 5 N–H and O–H groups in total. The molecule has 0 fully saturated rings. The molecule has 2 unspecified atom stereocenters. The highest BCUT2D eigenvalue weighted by molar-refractivity contribution is 8.03. The maximum Gasteiger partial charge on any atom is 0.343 e. The highest BCUT2D eigenvalue weighted by atomic mass is 35.5. The molecule has 1 amide bonds. The molecule has 0 saturated carbocycles. The standard InChI is InChI=1S/C18H26Cl2N5O4PS.C10H23Cl2N4O3P.C8H4ClNOS/c1-28-23-9-2-14-29-30(27,25(12-7-19)13-8-20)24-11-10-21-18(26)16-3-5-17(6-4-16)22-15-31;1-18-14-6-2-10-19-20(17,15-7-5-13)16(8-3-11)9-4-12;9-8(11)6-1-3-7(4-2-6)12-5-10/h3-6,9H,2,7-8,10-14H2,1H3,(H,21,26)(H,24,27);6H,2-5,7-10,13H2,1H3,(H,15,17);1-4H/b23-9+;14-6+;. The minimum atomic E-state index is -3.43. The predicted octanol–water partition coefficient (Wildman–Crippen LogP) is 7.77. The second-order valence-corrected chi connectivity index (χ2v) is 18.7. The van der Waals surface area contributed by atoms with E-state index in [4.69, 9.17) is 78.0 Å². The van der Waals surface area contributed by atoms with E-state index in [0.717, 1.165) is 16.7 Å². The van der Waals surface area contributed by atoms with Gasteiger partial charge in [0, 0.05) is 117 Å². The number of halogens is 5. The number of nitrogens with zero attached hydrogens (tertiary/aromatic N) is 6. The Kier molecular flexibility index (Phi) is 37.6. The molecular weight excluding hydrogens is 1000 g/mol. The van der Waals surface area contributed by atoms with Crippen molar-refractivity contribution >= 4 is 132 Å². The van der Waals surface area contributed by atoms with Gasteiger partial charge in [0.2, 0.25) is 0 Å². The van der Waals surface area contributed by atoms with Crippen LogP contribution in [0.5, 0.6) is 0 Å². The van der Waals surface area contributed by atoms with Crippen molar-refractivity contribution in [2.75, 3.05) is 103 Å². The summed E-state index contributed by atoms with van der Waals surface area (Å²) < 4.78 is 40.6. The molecule has 2 rings (SSSR count). The Labute approximate surface area is 404 Å². The summed E-state index contributed by atoms with van der Waals surface area (Å²) in [6.07, 6.45) is 3.95. The maximum atomic E-state index is 13.4. The molecule has 2 aromatic carbocycles. The van der Waals surface area contributed by atoms with Gasteiger partial charge in [-0.25, -0.2) is 19.5 Å². The third kappa shape index (κ3) is 27.8. The van der Waals surface area contributed by atoms with Gasteiger partial charge in [-0.05, 0) is 84.1 Å². The van der Waals surface area contributed by atoms with Gasteiger partial charge in [-0.1, -0.05) is 10.3 Å². The van der Waals surface area contributed by atoms with Crippen LogP contribution in [0, 0.1) is 10.7 Å². The second kappa shape index (κ2) is 39.0. The molecule has 63 heavy (non-hydrogen) atoms. The van der Waals surface area contributed by atoms with E-state index in [-0.39, 0.29) is 44.0 Å². The molecule has 0 aliphatic rings. The number of amides is 1. The average Bonchev–Trinajstić information content (AvgIpc) is 3.28. The van der Waals surface area contributed by atoms with Crippen LogP contribution in [0.2, 0.25) is 0 Å². The van der Waals surface area contributed by atoms with Gasteiger partial charge in [0.25, 0.3) is 11.1 Å². The smallest absolute Gasteiger partial charge is 0.343 e. The molecule has 0 aromatic heterocycles. The lowest BCUT2D eigenvalue weighted by Crippen LogP contribution is -2.37. The Morgan fingerprint density at radius 2 is 1.25 bits per heavy atom. The molecular formula is C36H53Cl5N10O8P2S2. The molecule has 18 nitrogen and oxygen atoms in total. The first kappa shape index (κ1) is 60.8. The number of benzene rings is 2. The number of nitrogens with one attached hydrogen (secondary N) is 3. The molecule has 2 aromatic rings. The third-order valence-corrected chi connectivity index (χ3v) is 13.4. The van der Waals surface area contributed by atoms with Crippen LogP contribution in [0.1, 0.15) is 33.6 Å². The van der Waals surface area contributed by atoms with Gasteiger partial charge in [0.05, 0.1) is 24.1 Å². The number of isothiocyanates is 1. The van der Waals surface area contributed by atoms with E-state index in [9.17, 15) is 18.7 Å². The van der Waals surface area contributed by atoms with Crippen LogP contribution < -0.4 is 21.2 Å². The zero-order valence-corrected chi connectivity index (χ0v) is 41.9. The van der Waals surface area contributed by atoms with Crippen LogP contribution in [0.25, 0.3) is 0 Å². The molecule has 0 bridgehead atoms. The van der Waals surface area contributed by atoms with Crippen LogP contribution in [0.4, 0.5) is 5.69 Å². The number of oxime groups is 2. The number of nitriles is 1. The molecule has 0 radical (unpaired) electrons. The van der Waals surface area contributed by atoms with E-state index >= 15 is 0 Å². The molecule has 0 aliphatic heterocycles. The first-order valence-corrected chi connectivity index (χ1v) is 25.6. The first-order chi connectivity index (χ1) is 30.4. The van der Waals surface area contributed by atoms with Gasteiger partial charge in [0.15, 0.2) is 0 Å². The molecule has 2 atom stereocenters. The van der Waals surface area contributed by atoms with Crippen molar-refractivity contribution in [3.63, 3.8) is 0 Å². The first-order valence-electron chi connectivity index (χ1n) is 18.7. The number of nitrogens with two attached hydrogens (primary N) is 1. The number of thioether (sulfide) groups is 1. The van der Waals surface area contributed by atoms with E-state index in [1.165, 1.54) is 20.4 Å². The summed E-state index contributed by atoms with van der Waals surface area (Å²) in [6.45, 7) is 3.05. The van der Waals surface area contributed by atoms with Crippen molar-refractivity contribution in [2.24, 2.45) is 21.0 Å². The van der Waals surface area contributed by atoms with Gasteiger partial charge in [-0.3, -0.25) is 18.7 Å². The Hall–Kier alpha value is -2.21. The Bertz CT molecular complexity index is 1810. The second-order valence-electron chi connectivity index (χ2n) is 11.5. The van der Waals surface area contributed by atoms with Crippen molar-refractivity contribution in [2.45, 2.75) is 17.7 Å². The number of thiocarbonyl (C=S) groups is 1. The minimum absolute atomic E-state index is 0.154. The maximum absolute atomic E-state index is 13.4. The van der Waals surface area contributed by atoms with Crippen LogP contribution >= 0.6 is 97.3 Å². The summed E-state index contributed by atoms with van der Waals surface area (Å²) in [5, 5.41) is 27.7. The number of carbonyl (C=O) groups excluding carboxylic acids is 2. The Balaban J connectivity index is 0.00000102. The van der Waals surface area contributed by atoms with Crippen molar-refractivity contribution in [3.8, 4) is 5.40 Å². The summed E-state index contributed by atoms with van der Waals surface area (Å²) in [5.41, 5.74) is 6.95. The fourth-order valence-electron chi connectivity index (χ4n) is 4.44. The lowest BCUT2D eigenvalue weighted by Gasteiger charge is -2.30. The molecule has 352 valence electrons. The minimum Gasteiger partial charge on any atom is -0.399 e. The van der Waals surface area contributed by atoms with E-state index in [1.54, 1.807) is 64.1 Å². The van der Waals surface area contributed by atoms with Crippen molar-refractivity contribution < 1.29 is 37.4 Å². The topological polar surface area (TPSA) is 235 Å². The van der Waals surface area contributed by atoms with Crippen LogP contribution in [-0.4, -0.2) is 141 Å². The van der Waals surface area contributed by atoms with Gasteiger partial charge >= 0.3 is 15.3 Å². The quantitative estimate of drug-likeness (QED) is 0.00650. The summed E-state index contributed by atoms with van der Waals surface area (Å²) >= 11 is 33.9. The highest BCUT2D eigenvalue weighted by Gasteiger charge is 2.32. The normalized spacial score (nSPS) is 12.8. The fourth-order valence-corrected chi connectivity index (χ4v) is 10.2. The van der Waals surface area contributed by atoms with Crippen molar-refractivity contribution in [1.29, 1.82) is 5.26 Å². The third-order valence-electron chi connectivity index (χ3n) is 7.23. The molecule has 0 aliphatic carbocycles. The lowest BCUT2D eigenvalue weighted by molar-refractivity contribution is 0.0953. The Morgan fingerprint density at radius 3 is 1.65 bits per heavy atom. The molecule has 0 heterocycles. The number of hydrogen-bond donors (Lipinski definition) is 4. The predicted molar refractivity (Wildman–Crippen MR) is 260 cm³/mol. The largest absolute Gasteiger partial charge is 0.399 e. The zero-order valence-electron chi connectivity index (χ0n) is 34.7. The molecule has 27 heteroatoms. The molecule has 0 saturated heterocycles. The molecule has 0 spiro atoms. The summed E-state index contributed by atoms with van der Waals surface area (Å²) in [5.74, 6) is 0.914. The summed E-state index contributed by atoms with van der Waals surface area (Å²) in [4.78, 5) is 36.6. The number of thiocyanates is 1. The van der Waals surface area contributed by atoms with Crippen LogP contribution in [-0.2, 0) is 27.9 Å². The van der Waals surface area contributed by atoms with Crippen molar-refractivity contribution in [3.05, 3.63) is 59.7 Å². The number of alkyl halides is 4. The van der Waals surface area contributed by atoms with E-state index < -0.39 is 20.6 Å². The number of carbonyl (C=O) groups is 2.